The Morgan fingerprint density at radius 2 is 2.32 bits per heavy atom. The van der Waals surface area contributed by atoms with Crippen molar-refractivity contribution in [2.75, 3.05) is 6.54 Å². The fraction of sp³-hybridized carbons (Fsp3) is 0.533. The first-order chi connectivity index (χ1) is 9.13. The standard InChI is InChI=1S/C15H19NO3/c1-9-2-3-10-4-5-11(7-14(10)19-9)13-6-12(8-16-13)15(17)18/h4-5,7,9,12-13,16H,2-3,6,8H2,1H3,(H,17,18). The summed E-state index contributed by atoms with van der Waals surface area (Å²) in [5.74, 6) is -0.0180. The molecule has 1 saturated heterocycles. The van der Waals surface area contributed by atoms with E-state index in [0.717, 1.165) is 24.2 Å². The molecule has 0 saturated carbocycles. The molecular weight excluding hydrogens is 242 g/mol. The summed E-state index contributed by atoms with van der Waals surface area (Å²) in [5, 5.41) is 12.3. The highest BCUT2D eigenvalue weighted by Gasteiger charge is 2.30. The van der Waals surface area contributed by atoms with E-state index in [1.165, 1.54) is 5.56 Å². The summed E-state index contributed by atoms with van der Waals surface area (Å²) in [7, 11) is 0. The fourth-order valence-corrected chi connectivity index (χ4v) is 2.92. The van der Waals surface area contributed by atoms with E-state index >= 15 is 0 Å². The van der Waals surface area contributed by atoms with Crippen LogP contribution in [0.25, 0.3) is 0 Å². The van der Waals surface area contributed by atoms with Crippen molar-refractivity contribution in [3.63, 3.8) is 0 Å². The van der Waals surface area contributed by atoms with Crippen LogP contribution in [-0.4, -0.2) is 23.7 Å². The van der Waals surface area contributed by atoms with Crippen LogP contribution in [-0.2, 0) is 11.2 Å². The number of carboxylic acid groups (broad SMARTS) is 1. The Morgan fingerprint density at radius 3 is 3.05 bits per heavy atom. The van der Waals surface area contributed by atoms with Crippen molar-refractivity contribution >= 4 is 5.97 Å². The third-order valence-corrected chi connectivity index (χ3v) is 4.12. The van der Waals surface area contributed by atoms with E-state index in [4.69, 9.17) is 9.84 Å². The molecular formula is C15H19NO3. The van der Waals surface area contributed by atoms with E-state index in [-0.39, 0.29) is 18.1 Å². The maximum absolute atomic E-state index is 11.0. The second kappa shape index (κ2) is 4.85. The average molecular weight is 261 g/mol. The molecule has 1 fully saturated rings. The molecule has 3 unspecified atom stereocenters. The summed E-state index contributed by atoms with van der Waals surface area (Å²) in [6.45, 7) is 2.64. The third kappa shape index (κ3) is 2.45. The van der Waals surface area contributed by atoms with Crippen molar-refractivity contribution in [1.82, 2.24) is 5.32 Å². The predicted molar refractivity (Wildman–Crippen MR) is 71.3 cm³/mol. The van der Waals surface area contributed by atoms with Crippen LogP contribution in [0.3, 0.4) is 0 Å². The maximum atomic E-state index is 11.0. The van der Waals surface area contributed by atoms with Gasteiger partial charge in [-0.05, 0) is 43.4 Å². The summed E-state index contributed by atoms with van der Waals surface area (Å²) in [6, 6.07) is 6.42. The number of hydrogen-bond donors (Lipinski definition) is 2. The molecule has 4 nitrogen and oxygen atoms in total. The number of aryl methyl sites for hydroxylation is 1. The number of fused-ring (bicyclic) bond motifs is 1. The highest BCUT2D eigenvalue weighted by atomic mass is 16.5. The van der Waals surface area contributed by atoms with Crippen LogP contribution in [0.15, 0.2) is 18.2 Å². The van der Waals surface area contributed by atoms with Gasteiger partial charge in [0.05, 0.1) is 12.0 Å². The second-order valence-electron chi connectivity index (χ2n) is 5.57. The van der Waals surface area contributed by atoms with Gasteiger partial charge in [0.1, 0.15) is 5.75 Å². The Hall–Kier alpha value is -1.55. The monoisotopic (exact) mass is 261 g/mol. The highest BCUT2D eigenvalue weighted by Crippen LogP contribution is 2.34. The van der Waals surface area contributed by atoms with Crippen molar-refractivity contribution in [3.8, 4) is 5.75 Å². The van der Waals surface area contributed by atoms with Gasteiger partial charge in [0.2, 0.25) is 0 Å². The number of hydrogen-bond acceptors (Lipinski definition) is 3. The molecule has 0 aliphatic carbocycles. The molecule has 4 heteroatoms. The van der Waals surface area contributed by atoms with Gasteiger partial charge in [-0.15, -0.1) is 0 Å². The van der Waals surface area contributed by atoms with Crippen molar-refractivity contribution in [2.24, 2.45) is 5.92 Å². The Bertz CT molecular complexity index is 500. The van der Waals surface area contributed by atoms with Gasteiger partial charge in [0.25, 0.3) is 0 Å². The number of carboxylic acids is 1. The Kier molecular flexibility index (Phi) is 3.19. The van der Waals surface area contributed by atoms with E-state index in [1.807, 2.05) is 0 Å². The molecule has 0 spiro atoms. The summed E-state index contributed by atoms with van der Waals surface area (Å²) in [5.41, 5.74) is 2.39. The van der Waals surface area contributed by atoms with Gasteiger partial charge in [-0.25, -0.2) is 0 Å². The lowest BCUT2D eigenvalue weighted by Crippen LogP contribution is -2.20. The van der Waals surface area contributed by atoms with E-state index in [0.29, 0.717) is 13.0 Å². The van der Waals surface area contributed by atoms with E-state index in [1.54, 1.807) is 0 Å². The van der Waals surface area contributed by atoms with Crippen LogP contribution in [0.1, 0.15) is 36.9 Å². The predicted octanol–water partition coefficient (Wildman–Crippen LogP) is 2.14. The zero-order chi connectivity index (χ0) is 13.4. The first kappa shape index (κ1) is 12.5. The molecule has 2 aliphatic rings. The summed E-state index contributed by atoms with van der Waals surface area (Å²) in [6.07, 6.45) is 3.05. The van der Waals surface area contributed by atoms with Gasteiger partial charge in [-0.1, -0.05) is 12.1 Å². The van der Waals surface area contributed by atoms with E-state index < -0.39 is 5.97 Å². The number of ether oxygens (including phenoxy) is 1. The lowest BCUT2D eigenvalue weighted by molar-refractivity contribution is -0.141. The Labute approximate surface area is 112 Å². The van der Waals surface area contributed by atoms with E-state index in [9.17, 15) is 4.79 Å². The van der Waals surface area contributed by atoms with Crippen LogP contribution in [0, 0.1) is 5.92 Å². The maximum Gasteiger partial charge on any atom is 0.307 e. The molecule has 0 bridgehead atoms. The molecule has 19 heavy (non-hydrogen) atoms. The first-order valence-corrected chi connectivity index (χ1v) is 6.89. The number of benzene rings is 1. The SMILES string of the molecule is CC1CCc2ccc(C3CC(C(=O)O)CN3)cc2O1. The zero-order valence-corrected chi connectivity index (χ0v) is 11.1. The zero-order valence-electron chi connectivity index (χ0n) is 11.1. The lowest BCUT2D eigenvalue weighted by Gasteiger charge is -2.24. The average Bonchev–Trinajstić information content (AvgIpc) is 2.87. The third-order valence-electron chi connectivity index (χ3n) is 4.12. The number of rotatable bonds is 2. The van der Waals surface area contributed by atoms with Crippen molar-refractivity contribution in [3.05, 3.63) is 29.3 Å². The lowest BCUT2D eigenvalue weighted by atomic mass is 9.96. The van der Waals surface area contributed by atoms with Gasteiger partial charge >= 0.3 is 5.97 Å². The van der Waals surface area contributed by atoms with Crippen molar-refractivity contribution in [1.29, 1.82) is 0 Å². The van der Waals surface area contributed by atoms with Crippen molar-refractivity contribution in [2.45, 2.75) is 38.3 Å². The largest absolute Gasteiger partial charge is 0.490 e. The molecule has 2 N–H and O–H groups in total. The smallest absolute Gasteiger partial charge is 0.307 e. The summed E-state index contributed by atoms with van der Waals surface area (Å²) >= 11 is 0. The number of nitrogens with one attached hydrogen (secondary N) is 1. The van der Waals surface area contributed by atoms with Gasteiger partial charge < -0.3 is 15.2 Å². The number of carbonyl (C=O) groups is 1. The molecule has 2 aliphatic heterocycles. The van der Waals surface area contributed by atoms with Gasteiger partial charge in [-0.2, -0.15) is 0 Å². The molecule has 3 atom stereocenters. The minimum Gasteiger partial charge on any atom is -0.490 e. The molecule has 0 radical (unpaired) electrons. The Morgan fingerprint density at radius 1 is 1.47 bits per heavy atom. The topological polar surface area (TPSA) is 58.6 Å². The van der Waals surface area contributed by atoms with Crippen LogP contribution >= 0.6 is 0 Å². The minimum atomic E-state index is -0.710. The molecule has 2 heterocycles. The summed E-state index contributed by atoms with van der Waals surface area (Å²) in [4.78, 5) is 11.0. The normalized spacial score (nSPS) is 29.6. The van der Waals surface area contributed by atoms with Crippen LogP contribution in [0.2, 0.25) is 0 Å². The first-order valence-electron chi connectivity index (χ1n) is 6.89. The van der Waals surface area contributed by atoms with Crippen LogP contribution in [0.5, 0.6) is 5.75 Å². The number of aliphatic carboxylic acids is 1. The minimum absolute atomic E-state index is 0.132. The quantitative estimate of drug-likeness (QED) is 0.856. The molecule has 102 valence electrons. The molecule has 0 aromatic heterocycles. The summed E-state index contributed by atoms with van der Waals surface area (Å²) < 4.78 is 5.86. The Balaban J connectivity index is 1.79. The molecule has 3 rings (SSSR count). The molecule has 1 aromatic carbocycles. The van der Waals surface area contributed by atoms with Gasteiger partial charge in [0, 0.05) is 12.6 Å². The highest BCUT2D eigenvalue weighted by molar-refractivity contribution is 5.70. The van der Waals surface area contributed by atoms with Gasteiger partial charge in [0.15, 0.2) is 0 Å². The second-order valence-corrected chi connectivity index (χ2v) is 5.57. The van der Waals surface area contributed by atoms with Crippen LogP contribution < -0.4 is 10.1 Å². The molecule has 1 aromatic rings. The fourth-order valence-electron chi connectivity index (χ4n) is 2.92. The van der Waals surface area contributed by atoms with Gasteiger partial charge in [-0.3, -0.25) is 4.79 Å². The van der Waals surface area contributed by atoms with Crippen molar-refractivity contribution < 1.29 is 14.6 Å². The van der Waals surface area contributed by atoms with Crippen LogP contribution in [0.4, 0.5) is 0 Å². The molecule has 0 amide bonds. The van der Waals surface area contributed by atoms with E-state index in [2.05, 4.69) is 30.4 Å².